The highest BCUT2D eigenvalue weighted by molar-refractivity contribution is 7.89. The molecule has 158 valence electrons. The van der Waals surface area contributed by atoms with E-state index < -0.39 is 15.8 Å². The van der Waals surface area contributed by atoms with Crippen molar-refractivity contribution in [1.29, 1.82) is 0 Å². The number of hydrogen-bond donors (Lipinski definition) is 1. The Morgan fingerprint density at radius 2 is 1.71 bits per heavy atom. The van der Waals surface area contributed by atoms with E-state index in [-0.39, 0.29) is 4.90 Å². The Bertz CT molecular complexity index is 1360. The second-order valence-corrected chi connectivity index (χ2v) is 9.70. The van der Waals surface area contributed by atoms with Gasteiger partial charge in [-0.25, -0.2) is 17.8 Å². The van der Waals surface area contributed by atoms with Gasteiger partial charge in [0.25, 0.3) is 0 Å². The maximum Gasteiger partial charge on any atom is 0.243 e. The molecule has 5 rings (SSSR count). The minimum absolute atomic E-state index is 0.222. The summed E-state index contributed by atoms with van der Waals surface area (Å²) in [5, 5.41) is 0.902. The zero-order chi connectivity index (χ0) is 21.4. The highest BCUT2D eigenvalue weighted by atomic mass is 32.2. The van der Waals surface area contributed by atoms with Gasteiger partial charge in [-0.2, -0.15) is 4.31 Å². The van der Waals surface area contributed by atoms with Gasteiger partial charge >= 0.3 is 0 Å². The molecule has 0 atom stereocenters. The highest BCUT2D eigenvalue weighted by Gasteiger charge is 2.28. The van der Waals surface area contributed by atoms with Crippen LogP contribution >= 0.6 is 0 Å². The highest BCUT2D eigenvalue weighted by Crippen LogP contribution is 2.34. The van der Waals surface area contributed by atoms with Crippen molar-refractivity contribution in [3.63, 3.8) is 0 Å². The Morgan fingerprint density at radius 3 is 2.52 bits per heavy atom. The molecule has 0 bridgehead atoms. The first-order valence-electron chi connectivity index (χ1n) is 10.4. The van der Waals surface area contributed by atoms with Crippen molar-refractivity contribution >= 4 is 21.1 Å². The summed E-state index contributed by atoms with van der Waals surface area (Å²) < 4.78 is 43.2. The molecule has 1 fully saturated rings. The fourth-order valence-corrected chi connectivity index (χ4v) is 5.91. The van der Waals surface area contributed by atoms with Crippen molar-refractivity contribution in [2.45, 2.75) is 24.2 Å². The van der Waals surface area contributed by atoms with E-state index in [1.54, 1.807) is 48.8 Å². The standard InChI is InChI=1S/C24H22FN3O2S/c25-22-15-17(8-9-20(22)19-14-18-10-11-26-24(18)27-16-19)21-6-2-3-7-23(21)31(29,30)28-12-4-1-5-13-28/h2-3,6-11,14-16H,1,4-5,12-13H2,(H,26,27). The van der Waals surface area contributed by atoms with Crippen LogP contribution in [0.3, 0.4) is 0 Å². The molecular formula is C24H22FN3O2S. The van der Waals surface area contributed by atoms with Gasteiger partial charge in [0.2, 0.25) is 10.0 Å². The van der Waals surface area contributed by atoms with Gasteiger partial charge in [0.05, 0.1) is 4.90 Å². The van der Waals surface area contributed by atoms with Crippen molar-refractivity contribution < 1.29 is 12.8 Å². The molecule has 5 nitrogen and oxygen atoms in total. The van der Waals surface area contributed by atoms with Gasteiger partial charge in [0.1, 0.15) is 11.5 Å². The van der Waals surface area contributed by atoms with Crippen LogP contribution in [-0.4, -0.2) is 35.8 Å². The fraction of sp³-hybridized carbons (Fsp3) is 0.208. The number of aromatic amines is 1. The van der Waals surface area contributed by atoms with E-state index in [1.807, 2.05) is 12.1 Å². The SMILES string of the molecule is O=S(=O)(c1ccccc1-c1ccc(-c2cnc3[nH]ccc3c2)c(F)c1)N1CCCCC1. The van der Waals surface area contributed by atoms with Crippen LogP contribution < -0.4 is 0 Å². The summed E-state index contributed by atoms with van der Waals surface area (Å²) in [7, 11) is -3.64. The monoisotopic (exact) mass is 435 g/mol. The van der Waals surface area contributed by atoms with Gasteiger partial charge < -0.3 is 4.98 Å². The Hall–Kier alpha value is -3.03. The number of nitrogens with one attached hydrogen (secondary N) is 1. The van der Waals surface area contributed by atoms with Crippen LogP contribution in [0.1, 0.15) is 19.3 Å². The molecule has 2 aromatic carbocycles. The first-order valence-corrected chi connectivity index (χ1v) is 11.8. The van der Waals surface area contributed by atoms with E-state index in [2.05, 4.69) is 9.97 Å². The zero-order valence-electron chi connectivity index (χ0n) is 16.9. The summed E-state index contributed by atoms with van der Waals surface area (Å²) in [6.07, 6.45) is 6.20. The summed E-state index contributed by atoms with van der Waals surface area (Å²) in [5.41, 5.74) is 2.89. The third-order valence-corrected chi connectivity index (χ3v) is 7.77. The molecule has 0 spiro atoms. The maximum atomic E-state index is 15.1. The second kappa shape index (κ2) is 7.90. The predicted octanol–water partition coefficient (Wildman–Crippen LogP) is 5.21. The van der Waals surface area contributed by atoms with Gasteiger partial charge in [-0.1, -0.05) is 36.8 Å². The topological polar surface area (TPSA) is 66.1 Å². The Kier molecular flexibility index (Phi) is 5.08. The maximum absolute atomic E-state index is 15.1. The van der Waals surface area contributed by atoms with Crippen LogP contribution in [-0.2, 0) is 10.0 Å². The van der Waals surface area contributed by atoms with E-state index in [9.17, 15) is 8.42 Å². The van der Waals surface area contributed by atoms with Gasteiger partial charge in [-0.05, 0) is 42.7 Å². The number of rotatable bonds is 4. The summed E-state index contributed by atoms with van der Waals surface area (Å²) in [6, 6.07) is 15.5. The average Bonchev–Trinajstić information content (AvgIpc) is 3.27. The van der Waals surface area contributed by atoms with Crippen LogP contribution in [0.15, 0.2) is 71.9 Å². The summed E-state index contributed by atoms with van der Waals surface area (Å²) in [5.74, 6) is -0.417. The minimum atomic E-state index is -3.64. The number of benzene rings is 2. The van der Waals surface area contributed by atoms with Crippen molar-refractivity contribution in [2.24, 2.45) is 0 Å². The molecule has 1 saturated heterocycles. The number of fused-ring (bicyclic) bond motifs is 1. The minimum Gasteiger partial charge on any atom is -0.346 e. The quantitative estimate of drug-likeness (QED) is 0.478. The fourth-order valence-electron chi connectivity index (χ4n) is 4.18. The number of hydrogen-bond acceptors (Lipinski definition) is 3. The molecule has 31 heavy (non-hydrogen) atoms. The molecule has 3 heterocycles. The van der Waals surface area contributed by atoms with Crippen LogP contribution in [0, 0.1) is 5.82 Å². The molecule has 0 saturated carbocycles. The summed E-state index contributed by atoms with van der Waals surface area (Å²) >= 11 is 0. The van der Waals surface area contributed by atoms with Crippen molar-refractivity contribution in [1.82, 2.24) is 14.3 Å². The summed E-state index contributed by atoms with van der Waals surface area (Å²) in [4.78, 5) is 7.58. The number of halogens is 1. The zero-order valence-corrected chi connectivity index (χ0v) is 17.7. The lowest BCUT2D eigenvalue weighted by atomic mass is 10.00. The van der Waals surface area contributed by atoms with Gasteiger partial charge in [0.15, 0.2) is 0 Å². The predicted molar refractivity (Wildman–Crippen MR) is 120 cm³/mol. The molecule has 4 aromatic rings. The Labute approximate surface area is 180 Å². The average molecular weight is 436 g/mol. The smallest absolute Gasteiger partial charge is 0.243 e. The van der Waals surface area contributed by atoms with E-state index in [1.165, 1.54) is 10.4 Å². The molecule has 0 amide bonds. The van der Waals surface area contributed by atoms with Crippen molar-refractivity contribution in [3.8, 4) is 22.3 Å². The summed E-state index contributed by atoms with van der Waals surface area (Å²) in [6.45, 7) is 1.05. The molecule has 0 radical (unpaired) electrons. The first kappa shape index (κ1) is 19.9. The number of nitrogens with zero attached hydrogens (tertiary/aromatic N) is 2. The molecule has 0 aliphatic carbocycles. The van der Waals surface area contributed by atoms with Crippen molar-refractivity contribution in [3.05, 3.63) is 72.8 Å². The number of pyridine rings is 1. The lowest BCUT2D eigenvalue weighted by Gasteiger charge is -2.27. The van der Waals surface area contributed by atoms with Crippen LogP contribution in [0.25, 0.3) is 33.3 Å². The Balaban J connectivity index is 1.55. The van der Waals surface area contributed by atoms with Gasteiger partial charge in [-0.15, -0.1) is 0 Å². The van der Waals surface area contributed by atoms with E-state index in [4.69, 9.17) is 0 Å². The molecule has 1 aliphatic heterocycles. The van der Waals surface area contributed by atoms with Crippen molar-refractivity contribution in [2.75, 3.05) is 13.1 Å². The normalized spacial score (nSPS) is 15.4. The second-order valence-electron chi connectivity index (χ2n) is 7.80. The molecule has 0 unspecified atom stereocenters. The van der Waals surface area contributed by atoms with Crippen LogP contribution in [0.4, 0.5) is 4.39 Å². The van der Waals surface area contributed by atoms with Gasteiger partial charge in [0, 0.05) is 47.6 Å². The largest absolute Gasteiger partial charge is 0.346 e. The van der Waals surface area contributed by atoms with E-state index in [0.29, 0.717) is 35.3 Å². The molecule has 1 aliphatic rings. The van der Waals surface area contributed by atoms with E-state index in [0.717, 1.165) is 30.3 Å². The molecule has 2 aromatic heterocycles. The lowest BCUT2D eigenvalue weighted by Crippen LogP contribution is -2.35. The first-order chi connectivity index (χ1) is 15.0. The molecule has 7 heteroatoms. The Morgan fingerprint density at radius 1 is 0.903 bits per heavy atom. The molecular weight excluding hydrogens is 413 g/mol. The third kappa shape index (κ3) is 3.64. The van der Waals surface area contributed by atoms with Crippen LogP contribution in [0.5, 0.6) is 0 Å². The van der Waals surface area contributed by atoms with Gasteiger partial charge in [-0.3, -0.25) is 0 Å². The number of sulfonamides is 1. The third-order valence-electron chi connectivity index (χ3n) is 5.81. The van der Waals surface area contributed by atoms with Crippen LogP contribution in [0.2, 0.25) is 0 Å². The lowest BCUT2D eigenvalue weighted by molar-refractivity contribution is 0.347. The number of H-pyrrole nitrogens is 1. The number of piperidine rings is 1. The van der Waals surface area contributed by atoms with E-state index >= 15 is 4.39 Å². The molecule has 1 N–H and O–H groups in total. The number of aromatic nitrogens is 2.